The molecular weight excluding hydrogens is 208 g/mol. The summed E-state index contributed by atoms with van der Waals surface area (Å²) >= 11 is 0. The van der Waals surface area contributed by atoms with Crippen LogP contribution in [0.1, 0.15) is 26.7 Å². The number of carbonyl (C=O) groups excluding carboxylic acids is 2. The summed E-state index contributed by atoms with van der Waals surface area (Å²) in [4.78, 5) is 24.0. The second-order valence-corrected chi connectivity index (χ2v) is 4.03. The molecular formula is C11H22N2O3. The molecule has 0 aliphatic rings. The SMILES string of the molecule is COC(=O)C(=O)NCCCCN(C)C(C)C. The summed E-state index contributed by atoms with van der Waals surface area (Å²) < 4.78 is 4.28. The Kier molecular flexibility index (Phi) is 7.54. The third-order valence-corrected chi connectivity index (χ3v) is 2.48. The van der Waals surface area contributed by atoms with Crippen LogP contribution < -0.4 is 5.32 Å². The van der Waals surface area contributed by atoms with Crippen molar-refractivity contribution < 1.29 is 14.3 Å². The van der Waals surface area contributed by atoms with Crippen molar-refractivity contribution in [3.8, 4) is 0 Å². The van der Waals surface area contributed by atoms with Crippen molar-refractivity contribution in [3.05, 3.63) is 0 Å². The fourth-order valence-corrected chi connectivity index (χ4v) is 1.11. The molecule has 5 nitrogen and oxygen atoms in total. The fraction of sp³-hybridized carbons (Fsp3) is 0.818. The number of nitrogens with one attached hydrogen (secondary N) is 1. The lowest BCUT2D eigenvalue weighted by molar-refractivity contribution is -0.152. The van der Waals surface area contributed by atoms with Crippen LogP contribution >= 0.6 is 0 Å². The highest BCUT2D eigenvalue weighted by molar-refractivity contribution is 6.32. The smallest absolute Gasteiger partial charge is 0.396 e. The molecule has 0 atom stereocenters. The van der Waals surface area contributed by atoms with Crippen LogP contribution in [0.3, 0.4) is 0 Å². The number of hydrogen-bond acceptors (Lipinski definition) is 4. The van der Waals surface area contributed by atoms with E-state index in [9.17, 15) is 9.59 Å². The molecule has 0 aromatic rings. The molecule has 0 heterocycles. The van der Waals surface area contributed by atoms with E-state index in [-0.39, 0.29) is 0 Å². The lowest BCUT2D eigenvalue weighted by Crippen LogP contribution is -2.33. The molecule has 0 bridgehead atoms. The highest BCUT2D eigenvalue weighted by Gasteiger charge is 2.11. The number of esters is 1. The molecule has 1 N–H and O–H groups in total. The molecule has 94 valence electrons. The normalized spacial score (nSPS) is 10.6. The van der Waals surface area contributed by atoms with E-state index in [4.69, 9.17) is 0 Å². The van der Waals surface area contributed by atoms with E-state index in [1.807, 2.05) is 0 Å². The Morgan fingerprint density at radius 2 is 1.94 bits per heavy atom. The highest BCUT2D eigenvalue weighted by atomic mass is 16.5. The third kappa shape index (κ3) is 6.40. The Morgan fingerprint density at radius 3 is 2.44 bits per heavy atom. The second-order valence-electron chi connectivity index (χ2n) is 4.03. The van der Waals surface area contributed by atoms with Gasteiger partial charge in [0.05, 0.1) is 7.11 Å². The van der Waals surface area contributed by atoms with Gasteiger partial charge in [-0.05, 0) is 40.3 Å². The molecule has 16 heavy (non-hydrogen) atoms. The maximum atomic E-state index is 11.0. The summed E-state index contributed by atoms with van der Waals surface area (Å²) in [7, 11) is 3.26. The molecule has 0 saturated carbocycles. The largest absolute Gasteiger partial charge is 0.462 e. The van der Waals surface area contributed by atoms with E-state index in [1.165, 1.54) is 7.11 Å². The minimum atomic E-state index is -0.834. The summed E-state index contributed by atoms with van der Waals surface area (Å²) in [6.07, 6.45) is 1.86. The first-order chi connectivity index (χ1) is 7.49. The van der Waals surface area contributed by atoms with Gasteiger partial charge in [0.25, 0.3) is 0 Å². The predicted molar refractivity (Wildman–Crippen MR) is 62.0 cm³/mol. The maximum absolute atomic E-state index is 11.0. The first kappa shape index (κ1) is 14.9. The van der Waals surface area contributed by atoms with E-state index >= 15 is 0 Å². The standard InChI is InChI=1S/C11H22N2O3/c1-9(2)13(3)8-6-5-7-12-10(14)11(15)16-4/h9H,5-8H2,1-4H3,(H,12,14). The van der Waals surface area contributed by atoms with E-state index < -0.39 is 11.9 Å². The van der Waals surface area contributed by atoms with E-state index in [0.717, 1.165) is 19.4 Å². The number of carbonyl (C=O) groups is 2. The zero-order valence-corrected chi connectivity index (χ0v) is 10.6. The Balaban J connectivity index is 3.47. The van der Waals surface area contributed by atoms with Crippen LogP contribution in [-0.4, -0.2) is 50.1 Å². The lowest BCUT2D eigenvalue weighted by Gasteiger charge is -2.20. The fourth-order valence-electron chi connectivity index (χ4n) is 1.11. The van der Waals surface area contributed by atoms with Gasteiger partial charge in [0.15, 0.2) is 0 Å². The predicted octanol–water partition coefficient (Wildman–Crippen LogP) is 0.396. The molecule has 0 aliphatic heterocycles. The van der Waals surface area contributed by atoms with Crippen LogP contribution in [0, 0.1) is 0 Å². The van der Waals surface area contributed by atoms with Crippen LogP contribution in [0.4, 0.5) is 0 Å². The number of rotatable bonds is 6. The summed E-state index contributed by atoms with van der Waals surface area (Å²) in [5.74, 6) is -1.50. The second kappa shape index (κ2) is 8.10. The van der Waals surface area contributed by atoms with Crippen molar-refractivity contribution in [2.24, 2.45) is 0 Å². The van der Waals surface area contributed by atoms with Crippen molar-refractivity contribution >= 4 is 11.9 Å². The Bertz CT molecular complexity index is 229. The summed E-state index contributed by atoms with van der Waals surface area (Å²) in [5, 5.41) is 2.50. The molecule has 1 amide bonds. The Hall–Kier alpha value is -1.10. The zero-order chi connectivity index (χ0) is 12.6. The van der Waals surface area contributed by atoms with Crippen LogP contribution in [0.25, 0.3) is 0 Å². The van der Waals surface area contributed by atoms with Crippen molar-refractivity contribution in [1.29, 1.82) is 0 Å². The average molecular weight is 230 g/mol. The zero-order valence-electron chi connectivity index (χ0n) is 10.6. The molecule has 0 spiro atoms. The molecule has 0 fully saturated rings. The van der Waals surface area contributed by atoms with Crippen LogP contribution in [0.15, 0.2) is 0 Å². The van der Waals surface area contributed by atoms with Gasteiger partial charge in [0.2, 0.25) is 0 Å². The van der Waals surface area contributed by atoms with E-state index in [2.05, 4.69) is 35.8 Å². The van der Waals surface area contributed by atoms with Gasteiger partial charge >= 0.3 is 11.9 Å². The van der Waals surface area contributed by atoms with Crippen molar-refractivity contribution in [1.82, 2.24) is 10.2 Å². The first-order valence-electron chi connectivity index (χ1n) is 5.55. The van der Waals surface area contributed by atoms with Crippen LogP contribution in [0.2, 0.25) is 0 Å². The van der Waals surface area contributed by atoms with Gasteiger partial charge in [0, 0.05) is 12.6 Å². The number of ether oxygens (including phenoxy) is 1. The number of nitrogens with zero attached hydrogens (tertiary/aromatic N) is 1. The van der Waals surface area contributed by atoms with Gasteiger partial charge in [-0.3, -0.25) is 4.79 Å². The number of hydrogen-bond donors (Lipinski definition) is 1. The van der Waals surface area contributed by atoms with Crippen molar-refractivity contribution in [2.75, 3.05) is 27.2 Å². The van der Waals surface area contributed by atoms with Crippen molar-refractivity contribution in [2.45, 2.75) is 32.7 Å². The quantitative estimate of drug-likeness (QED) is 0.407. The first-order valence-corrected chi connectivity index (χ1v) is 5.55. The number of unbranched alkanes of at least 4 members (excludes halogenated alkanes) is 1. The van der Waals surface area contributed by atoms with Crippen LogP contribution in [0.5, 0.6) is 0 Å². The molecule has 0 radical (unpaired) electrons. The van der Waals surface area contributed by atoms with Gasteiger partial charge < -0.3 is 15.0 Å². The maximum Gasteiger partial charge on any atom is 0.396 e. The van der Waals surface area contributed by atoms with Gasteiger partial charge in [-0.25, -0.2) is 4.79 Å². The summed E-state index contributed by atoms with van der Waals surface area (Å²) in [6.45, 7) is 5.78. The van der Waals surface area contributed by atoms with E-state index in [0.29, 0.717) is 12.6 Å². The Morgan fingerprint density at radius 1 is 1.31 bits per heavy atom. The minimum Gasteiger partial charge on any atom is -0.462 e. The van der Waals surface area contributed by atoms with Crippen molar-refractivity contribution in [3.63, 3.8) is 0 Å². The molecule has 5 heteroatoms. The minimum absolute atomic E-state index is 0.514. The summed E-state index contributed by atoms with van der Waals surface area (Å²) in [6, 6.07) is 0.532. The topological polar surface area (TPSA) is 58.6 Å². The molecule has 0 aromatic heterocycles. The van der Waals surface area contributed by atoms with Crippen LogP contribution in [-0.2, 0) is 14.3 Å². The van der Waals surface area contributed by atoms with Gasteiger partial charge in [-0.15, -0.1) is 0 Å². The Labute approximate surface area is 97.1 Å². The molecule has 0 aromatic carbocycles. The third-order valence-electron chi connectivity index (χ3n) is 2.48. The average Bonchev–Trinajstić information content (AvgIpc) is 2.26. The molecule has 0 rings (SSSR count). The number of amides is 1. The highest BCUT2D eigenvalue weighted by Crippen LogP contribution is 1.97. The lowest BCUT2D eigenvalue weighted by atomic mass is 10.2. The molecule has 0 unspecified atom stereocenters. The van der Waals surface area contributed by atoms with Gasteiger partial charge in [-0.1, -0.05) is 0 Å². The monoisotopic (exact) mass is 230 g/mol. The van der Waals surface area contributed by atoms with Gasteiger partial charge in [-0.2, -0.15) is 0 Å². The van der Waals surface area contributed by atoms with Gasteiger partial charge in [0.1, 0.15) is 0 Å². The number of methoxy groups -OCH3 is 1. The molecule has 0 aliphatic carbocycles. The van der Waals surface area contributed by atoms with E-state index in [1.54, 1.807) is 0 Å². The molecule has 0 saturated heterocycles. The summed E-state index contributed by atoms with van der Waals surface area (Å²) in [5.41, 5.74) is 0.